The number of carbonyl (C=O) groups excluding carboxylic acids is 1. The number of carbonyl (C=O) groups is 1. The first-order valence-electron chi connectivity index (χ1n) is 6.49. The van der Waals surface area contributed by atoms with Crippen LogP contribution >= 0.6 is 15.9 Å². The summed E-state index contributed by atoms with van der Waals surface area (Å²) in [6.07, 6.45) is 3.91. The molecule has 0 radical (unpaired) electrons. The molecule has 0 bridgehead atoms. The van der Waals surface area contributed by atoms with E-state index in [4.69, 9.17) is 5.73 Å². The van der Waals surface area contributed by atoms with Crippen LogP contribution in [-0.4, -0.2) is 20.0 Å². The lowest BCUT2D eigenvalue weighted by molar-refractivity contribution is -0.121. The van der Waals surface area contributed by atoms with Crippen molar-refractivity contribution in [1.29, 1.82) is 0 Å². The second-order valence-corrected chi connectivity index (χ2v) is 5.68. The van der Waals surface area contributed by atoms with E-state index in [1.807, 2.05) is 6.92 Å². The largest absolute Gasteiger partial charge is 0.368 e. The number of unbranched alkanes of at least 4 members (excludes halogenated alkanes) is 1. The van der Waals surface area contributed by atoms with Gasteiger partial charge in [0.05, 0.1) is 5.52 Å². The molecule has 2 N–H and O–H groups in total. The van der Waals surface area contributed by atoms with Crippen molar-refractivity contribution in [1.82, 2.24) is 14.1 Å². The fourth-order valence-corrected chi connectivity index (χ4v) is 2.61. The summed E-state index contributed by atoms with van der Waals surface area (Å²) in [6.45, 7) is 2.03. The van der Waals surface area contributed by atoms with E-state index in [0.717, 1.165) is 17.3 Å². The zero-order valence-corrected chi connectivity index (χ0v) is 13.1. The summed E-state index contributed by atoms with van der Waals surface area (Å²) in [5.74, 6) is -0.502. The molecule has 0 saturated heterocycles. The van der Waals surface area contributed by atoms with Crippen LogP contribution in [0.15, 0.2) is 21.5 Å². The second-order valence-electron chi connectivity index (χ2n) is 4.77. The first kappa shape index (κ1) is 14.8. The Labute approximate surface area is 124 Å². The molecular formula is C13H17BrN4O2. The quantitative estimate of drug-likeness (QED) is 0.899. The van der Waals surface area contributed by atoms with Crippen LogP contribution < -0.4 is 11.4 Å². The van der Waals surface area contributed by atoms with Crippen LogP contribution in [0.2, 0.25) is 0 Å². The lowest BCUT2D eigenvalue weighted by Gasteiger charge is -2.14. The average Bonchev–Trinajstić information content (AvgIpc) is 2.64. The molecule has 2 aromatic heterocycles. The molecular weight excluding hydrogens is 324 g/mol. The highest BCUT2D eigenvalue weighted by Gasteiger charge is 2.24. The molecule has 0 aliphatic heterocycles. The summed E-state index contributed by atoms with van der Waals surface area (Å²) < 4.78 is 3.66. The minimum absolute atomic E-state index is 0.273. The van der Waals surface area contributed by atoms with Gasteiger partial charge in [-0.2, -0.15) is 0 Å². The van der Waals surface area contributed by atoms with Gasteiger partial charge < -0.3 is 5.73 Å². The number of amides is 1. The lowest BCUT2D eigenvalue weighted by Crippen LogP contribution is -2.34. The van der Waals surface area contributed by atoms with E-state index in [9.17, 15) is 9.59 Å². The van der Waals surface area contributed by atoms with Gasteiger partial charge in [-0.3, -0.25) is 13.9 Å². The average molecular weight is 341 g/mol. The summed E-state index contributed by atoms with van der Waals surface area (Å²) in [4.78, 5) is 28.3. The Morgan fingerprint density at radius 2 is 2.25 bits per heavy atom. The van der Waals surface area contributed by atoms with Crippen molar-refractivity contribution in [3.05, 3.63) is 27.2 Å². The van der Waals surface area contributed by atoms with Crippen LogP contribution in [0.1, 0.15) is 32.2 Å². The van der Waals surface area contributed by atoms with Gasteiger partial charge in [0.1, 0.15) is 6.04 Å². The number of hydrogen-bond donors (Lipinski definition) is 1. The summed E-state index contributed by atoms with van der Waals surface area (Å²) in [5.41, 5.74) is 6.35. The number of nitrogens with two attached hydrogens (primary N) is 1. The predicted molar refractivity (Wildman–Crippen MR) is 80.4 cm³/mol. The smallest absolute Gasteiger partial charge is 0.330 e. The highest BCUT2D eigenvalue weighted by molar-refractivity contribution is 9.10. The Kier molecular flexibility index (Phi) is 4.27. The number of nitrogens with zero attached hydrogens (tertiary/aromatic N) is 3. The van der Waals surface area contributed by atoms with E-state index in [-0.39, 0.29) is 5.69 Å². The van der Waals surface area contributed by atoms with Crippen molar-refractivity contribution in [3.63, 3.8) is 0 Å². The molecule has 0 aliphatic rings. The van der Waals surface area contributed by atoms with E-state index in [0.29, 0.717) is 17.6 Å². The van der Waals surface area contributed by atoms with Gasteiger partial charge in [-0.25, -0.2) is 9.78 Å². The van der Waals surface area contributed by atoms with Crippen LogP contribution in [-0.2, 0) is 11.8 Å². The van der Waals surface area contributed by atoms with Gasteiger partial charge in [-0.15, -0.1) is 0 Å². The summed E-state index contributed by atoms with van der Waals surface area (Å²) in [7, 11) is 1.66. The van der Waals surface area contributed by atoms with Gasteiger partial charge in [0.2, 0.25) is 5.91 Å². The maximum Gasteiger partial charge on any atom is 0.330 e. The molecule has 0 fully saturated rings. The Balaban J connectivity index is 2.66. The SMILES string of the molecule is CCCCC(C(N)=O)n1c(=O)n(C)c2cc(Br)cnc21. The Morgan fingerprint density at radius 3 is 2.85 bits per heavy atom. The van der Waals surface area contributed by atoms with Crippen LogP contribution in [0.3, 0.4) is 0 Å². The summed E-state index contributed by atoms with van der Waals surface area (Å²) in [6, 6.07) is 1.15. The third-order valence-electron chi connectivity index (χ3n) is 3.37. The molecule has 6 nitrogen and oxygen atoms in total. The first-order valence-corrected chi connectivity index (χ1v) is 7.28. The molecule has 0 aliphatic carbocycles. The zero-order chi connectivity index (χ0) is 14.9. The molecule has 0 spiro atoms. The van der Waals surface area contributed by atoms with E-state index >= 15 is 0 Å². The minimum atomic E-state index is -0.653. The molecule has 2 rings (SSSR count). The fourth-order valence-electron chi connectivity index (χ4n) is 2.29. The van der Waals surface area contributed by atoms with E-state index in [2.05, 4.69) is 20.9 Å². The molecule has 2 heterocycles. The van der Waals surface area contributed by atoms with Crippen molar-refractivity contribution in [3.8, 4) is 0 Å². The maximum atomic E-state index is 12.4. The number of fused-ring (bicyclic) bond motifs is 1. The van der Waals surface area contributed by atoms with Crippen molar-refractivity contribution in [2.45, 2.75) is 32.2 Å². The van der Waals surface area contributed by atoms with Crippen LogP contribution in [0.4, 0.5) is 0 Å². The fraction of sp³-hybridized carbons (Fsp3) is 0.462. The van der Waals surface area contributed by atoms with Gasteiger partial charge in [0, 0.05) is 17.7 Å². The number of primary amides is 1. The molecule has 108 valence electrons. The van der Waals surface area contributed by atoms with Gasteiger partial charge in [0.25, 0.3) is 0 Å². The molecule has 0 aromatic carbocycles. The van der Waals surface area contributed by atoms with E-state index in [1.54, 1.807) is 19.3 Å². The van der Waals surface area contributed by atoms with Crippen LogP contribution in [0, 0.1) is 0 Å². The number of aromatic nitrogens is 3. The van der Waals surface area contributed by atoms with Crippen molar-refractivity contribution < 1.29 is 4.79 Å². The van der Waals surface area contributed by atoms with Gasteiger partial charge in [-0.1, -0.05) is 19.8 Å². The van der Waals surface area contributed by atoms with Crippen LogP contribution in [0.5, 0.6) is 0 Å². The van der Waals surface area contributed by atoms with Gasteiger partial charge in [-0.05, 0) is 28.4 Å². The predicted octanol–water partition coefficient (Wildman–Crippen LogP) is 1.71. The Hall–Kier alpha value is -1.63. The highest BCUT2D eigenvalue weighted by atomic mass is 79.9. The molecule has 1 atom stereocenters. The third kappa shape index (κ3) is 2.49. The molecule has 1 amide bonds. The number of imidazole rings is 1. The Bertz CT molecular complexity index is 704. The number of aryl methyl sites for hydroxylation is 1. The summed E-state index contributed by atoms with van der Waals surface area (Å²) >= 11 is 3.33. The first-order chi connectivity index (χ1) is 9.47. The van der Waals surface area contributed by atoms with Crippen LogP contribution in [0.25, 0.3) is 11.2 Å². The number of rotatable bonds is 5. The molecule has 7 heteroatoms. The Morgan fingerprint density at radius 1 is 1.55 bits per heavy atom. The van der Waals surface area contributed by atoms with Crippen molar-refractivity contribution >= 4 is 33.0 Å². The molecule has 2 aromatic rings. The lowest BCUT2D eigenvalue weighted by atomic mass is 10.1. The third-order valence-corrected chi connectivity index (χ3v) is 3.80. The maximum absolute atomic E-state index is 12.4. The molecule has 0 saturated carbocycles. The zero-order valence-electron chi connectivity index (χ0n) is 11.5. The number of pyridine rings is 1. The van der Waals surface area contributed by atoms with Crippen molar-refractivity contribution in [2.24, 2.45) is 12.8 Å². The van der Waals surface area contributed by atoms with Gasteiger partial charge in [0.15, 0.2) is 5.65 Å². The van der Waals surface area contributed by atoms with Gasteiger partial charge >= 0.3 is 5.69 Å². The number of halogens is 1. The molecule has 1 unspecified atom stereocenters. The van der Waals surface area contributed by atoms with Crippen molar-refractivity contribution in [2.75, 3.05) is 0 Å². The standard InChI is InChI=1S/C13H17BrN4O2/c1-3-4-5-9(11(15)19)18-12-10(17(2)13(18)20)6-8(14)7-16-12/h6-7,9H,3-5H2,1-2H3,(H2,15,19). The summed E-state index contributed by atoms with van der Waals surface area (Å²) in [5, 5.41) is 0. The number of hydrogen-bond acceptors (Lipinski definition) is 3. The second kappa shape index (κ2) is 5.78. The minimum Gasteiger partial charge on any atom is -0.368 e. The monoisotopic (exact) mass is 340 g/mol. The molecule has 20 heavy (non-hydrogen) atoms. The van der Waals surface area contributed by atoms with E-state index < -0.39 is 11.9 Å². The highest BCUT2D eigenvalue weighted by Crippen LogP contribution is 2.21. The van der Waals surface area contributed by atoms with E-state index in [1.165, 1.54) is 9.13 Å². The normalized spacial score (nSPS) is 12.8. The topological polar surface area (TPSA) is 82.9 Å².